The molecule has 6 heteroatoms. The Morgan fingerprint density at radius 1 is 1.29 bits per heavy atom. The van der Waals surface area contributed by atoms with E-state index in [-0.39, 0.29) is 23.4 Å². The average Bonchev–Trinajstić information content (AvgIpc) is 3.25. The van der Waals surface area contributed by atoms with Crippen molar-refractivity contribution in [2.75, 3.05) is 6.54 Å². The Hall–Kier alpha value is -2.89. The lowest BCUT2D eigenvalue weighted by molar-refractivity contribution is 0.0922. The maximum atomic E-state index is 12.9. The number of carbonyl (C=O) groups excluding carboxylic acids is 1. The Labute approximate surface area is 139 Å². The van der Waals surface area contributed by atoms with E-state index in [0.717, 1.165) is 5.56 Å². The average molecular weight is 327 g/mol. The molecule has 0 aliphatic heterocycles. The molecule has 5 nitrogen and oxygen atoms in total. The van der Waals surface area contributed by atoms with Gasteiger partial charge >= 0.3 is 0 Å². The molecule has 1 N–H and O–H groups in total. The van der Waals surface area contributed by atoms with Gasteiger partial charge in [0.25, 0.3) is 5.91 Å². The SMILES string of the molecule is C[C@H](CNC(=O)c1ccc(Cn2cccn2)o1)c1ccc(F)cc1. The minimum atomic E-state index is -0.268. The summed E-state index contributed by atoms with van der Waals surface area (Å²) >= 11 is 0. The molecule has 2 heterocycles. The molecular formula is C18H18FN3O2. The molecule has 0 aliphatic rings. The van der Waals surface area contributed by atoms with Gasteiger partial charge in [-0.2, -0.15) is 5.10 Å². The Balaban J connectivity index is 1.55. The first-order valence-corrected chi connectivity index (χ1v) is 7.71. The topological polar surface area (TPSA) is 60.1 Å². The van der Waals surface area contributed by atoms with E-state index in [4.69, 9.17) is 4.42 Å². The van der Waals surface area contributed by atoms with Gasteiger partial charge in [0.05, 0.1) is 6.54 Å². The predicted octanol–water partition coefficient (Wildman–Crippen LogP) is 3.20. The molecule has 0 bridgehead atoms. The number of carbonyl (C=O) groups is 1. The summed E-state index contributed by atoms with van der Waals surface area (Å²) in [4.78, 5) is 12.2. The zero-order chi connectivity index (χ0) is 16.9. The van der Waals surface area contributed by atoms with Crippen molar-refractivity contribution in [2.45, 2.75) is 19.4 Å². The highest BCUT2D eigenvalue weighted by atomic mass is 19.1. The van der Waals surface area contributed by atoms with Crippen LogP contribution in [0.1, 0.15) is 34.7 Å². The van der Waals surface area contributed by atoms with Crippen LogP contribution in [-0.2, 0) is 6.54 Å². The summed E-state index contributed by atoms with van der Waals surface area (Å²) in [5.41, 5.74) is 0.968. The fourth-order valence-corrected chi connectivity index (χ4v) is 2.38. The van der Waals surface area contributed by atoms with Crippen LogP contribution in [0, 0.1) is 5.82 Å². The van der Waals surface area contributed by atoms with Crippen molar-refractivity contribution in [1.29, 1.82) is 0 Å². The summed E-state index contributed by atoms with van der Waals surface area (Å²) in [6.45, 7) is 2.89. The number of halogens is 1. The standard InChI is InChI=1S/C18H18FN3O2/c1-13(14-3-5-15(19)6-4-14)11-20-18(23)17-8-7-16(24-17)12-22-10-2-9-21-22/h2-10,13H,11-12H2,1H3,(H,20,23)/t13-/m1/s1. The molecule has 0 unspecified atom stereocenters. The zero-order valence-electron chi connectivity index (χ0n) is 13.3. The second kappa shape index (κ2) is 7.12. The number of hydrogen-bond donors (Lipinski definition) is 1. The third kappa shape index (κ3) is 3.90. The van der Waals surface area contributed by atoms with Gasteiger partial charge in [0.2, 0.25) is 0 Å². The van der Waals surface area contributed by atoms with E-state index < -0.39 is 0 Å². The number of aromatic nitrogens is 2. The summed E-state index contributed by atoms with van der Waals surface area (Å²) in [5.74, 6) is 0.470. The molecule has 0 radical (unpaired) electrons. The Morgan fingerprint density at radius 3 is 2.79 bits per heavy atom. The first kappa shape index (κ1) is 16.0. The van der Waals surface area contributed by atoms with Gasteiger partial charge in [-0.15, -0.1) is 0 Å². The van der Waals surface area contributed by atoms with Crippen molar-refractivity contribution in [3.05, 3.63) is 77.8 Å². The lowest BCUT2D eigenvalue weighted by Crippen LogP contribution is -2.27. The van der Waals surface area contributed by atoms with E-state index in [2.05, 4.69) is 10.4 Å². The molecule has 1 aromatic carbocycles. The van der Waals surface area contributed by atoms with Crippen LogP contribution in [0.2, 0.25) is 0 Å². The van der Waals surface area contributed by atoms with Gasteiger partial charge in [-0.25, -0.2) is 4.39 Å². The maximum Gasteiger partial charge on any atom is 0.287 e. The number of furan rings is 1. The Morgan fingerprint density at radius 2 is 2.08 bits per heavy atom. The number of nitrogens with one attached hydrogen (secondary N) is 1. The first-order chi connectivity index (χ1) is 11.6. The Bertz CT molecular complexity index is 794. The van der Waals surface area contributed by atoms with E-state index >= 15 is 0 Å². The van der Waals surface area contributed by atoms with Crippen molar-refractivity contribution in [3.63, 3.8) is 0 Å². The highest BCUT2D eigenvalue weighted by Gasteiger charge is 2.13. The molecule has 2 aromatic heterocycles. The van der Waals surface area contributed by atoms with Crippen molar-refractivity contribution in [2.24, 2.45) is 0 Å². The molecule has 1 amide bonds. The minimum absolute atomic E-state index is 0.0769. The predicted molar refractivity (Wildman–Crippen MR) is 87.2 cm³/mol. The quantitative estimate of drug-likeness (QED) is 0.756. The van der Waals surface area contributed by atoms with Crippen LogP contribution in [0.4, 0.5) is 4.39 Å². The molecule has 0 spiro atoms. The van der Waals surface area contributed by atoms with Crippen LogP contribution in [0.5, 0.6) is 0 Å². The monoisotopic (exact) mass is 327 g/mol. The minimum Gasteiger partial charge on any atom is -0.454 e. The third-order valence-corrected chi connectivity index (χ3v) is 3.77. The smallest absolute Gasteiger partial charge is 0.287 e. The van der Waals surface area contributed by atoms with Crippen molar-refractivity contribution < 1.29 is 13.6 Å². The van der Waals surface area contributed by atoms with E-state index in [0.29, 0.717) is 18.8 Å². The van der Waals surface area contributed by atoms with Gasteiger partial charge < -0.3 is 9.73 Å². The molecular weight excluding hydrogens is 309 g/mol. The van der Waals surface area contributed by atoms with Gasteiger partial charge in [0.1, 0.15) is 11.6 Å². The van der Waals surface area contributed by atoms with Crippen LogP contribution >= 0.6 is 0 Å². The third-order valence-electron chi connectivity index (χ3n) is 3.77. The molecule has 124 valence electrons. The fourth-order valence-electron chi connectivity index (χ4n) is 2.38. The molecule has 0 saturated carbocycles. The highest BCUT2D eigenvalue weighted by molar-refractivity contribution is 5.91. The second-order valence-electron chi connectivity index (χ2n) is 5.63. The normalized spacial score (nSPS) is 12.1. The first-order valence-electron chi connectivity index (χ1n) is 7.71. The van der Waals surface area contributed by atoms with Gasteiger partial charge in [-0.05, 0) is 41.8 Å². The largest absolute Gasteiger partial charge is 0.454 e. The second-order valence-corrected chi connectivity index (χ2v) is 5.63. The van der Waals surface area contributed by atoms with E-state index in [1.54, 1.807) is 35.1 Å². The number of rotatable bonds is 6. The maximum absolute atomic E-state index is 12.9. The van der Waals surface area contributed by atoms with Gasteiger partial charge in [0.15, 0.2) is 5.76 Å². The van der Waals surface area contributed by atoms with Crippen LogP contribution in [0.15, 0.2) is 59.3 Å². The number of nitrogens with zero attached hydrogens (tertiary/aromatic N) is 2. The van der Waals surface area contributed by atoms with Crippen LogP contribution in [-0.4, -0.2) is 22.2 Å². The van der Waals surface area contributed by atoms with Crippen LogP contribution < -0.4 is 5.32 Å². The lowest BCUT2D eigenvalue weighted by Gasteiger charge is -2.12. The molecule has 3 aromatic rings. The van der Waals surface area contributed by atoms with Crippen molar-refractivity contribution in [3.8, 4) is 0 Å². The van der Waals surface area contributed by atoms with E-state index in [9.17, 15) is 9.18 Å². The summed E-state index contributed by atoms with van der Waals surface area (Å²) in [6.07, 6.45) is 3.51. The van der Waals surface area contributed by atoms with Crippen molar-refractivity contribution >= 4 is 5.91 Å². The highest BCUT2D eigenvalue weighted by Crippen LogP contribution is 2.15. The van der Waals surface area contributed by atoms with Crippen LogP contribution in [0.25, 0.3) is 0 Å². The number of benzene rings is 1. The Kier molecular flexibility index (Phi) is 4.74. The molecule has 3 rings (SSSR count). The molecule has 24 heavy (non-hydrogen) atoms. The summed E-state index contributed by atoms with van der Waals surface area (Å²) in [5, 5.41) is 6.93. The van der Waals surface area contributed by atoms with E-state index in [1.165, 1.54) is 12.1 Å². The summed E-state index contributed by atoms with van der Waals surface area (Å²) in [7, 11) is 0. The number of amides is 1. The summed E-state index contributed by atoms with van der Waals surface area (Å²) in [6, 6.07) is 11.5. The van der Waals surface area contributed by atoms with Gasteiger partial charge in [-0.1, -0.05) is 19.1 Å². The fraction of sp³-hybridized carbons (Fsp3) is 0.222. The zero-order valence-corrected chi connectivity index (χ0v) is 13.3. The van der Waals surface area contributed by atoms with Gasteiger partial charge in [0, 0.05) is 18.9 Å². The van der Waals surface area contributed by atoms with Crippen LogP contribution in [0.3, 0.4) is 0 Å². The molecule has 1 atom stereocenters. The number of hydrogen-bond acceptors (Lipinski definition) is 3. The molecule has 0 aliphatic carbocycles. The lowest BCUT2D eigenvalue weighted by atomic mass is 10.0. The van der Waals surface area contributed by atoms with E-state index in [1.807, 2.05) is 19.2 Å². The molecule has 0 saturated heterocycles. The molecule has 0 fully saturated rings. The summed E-state index contributed by atoms with van der Waals surface area (Å²) < 4.78 is 20.2. The van der Waals surface area contributed by atoms with Crippen molar-refractivity contribution in [1.82, 2.24) is 15.1 Å². The van der Waals surface area contributed by atoms with Gasteiger partial charge in [-0.3, -0.25) is 9.48 Å².